The van der Waals surface area contributed by atoms with Crippen LogP contribution in [0.1, 0.15) is 5.69 Å². The summed E-state index contributed by atoms with van der Waals surface area (Å²) >= 11 is 0. The van der Waals surface area contributed by atoms with Crippen molar-refractivity contribution in [2.24, 2.45) is 0 Å². The zero-order valence-electron chi connectivity index (χ0n) is 14.0. The van der Waals surface area contributed by atoms with Gasteiger partial charge in [0.05, 0.1) is 18.8 Å². The summed E-state index contributed by atoms with van der Waals surface area (Å²) in [4.78, 5) is 18.0. The number of benzene rings is 1. The molecule has 0 bridgehead atoms. The number of nitrogens with zero attached hydrogens (tertiary/aromatic N) is 2. The summed E-state index contributed by atoms with van der Waals surface area (Å²) in [5.74, 6) is -1.57. The third-order valence-electron chi connectivity index (χ3n) is 3.85. The highest BCUT2D eigenvalue weighted by atomic mass is 19.1. The van der Waals surface area contributed by atoms with E-state index < -0.39 is 17.7 Å². The van der Waals surface area contributed by atoms with Gasteiger partial charge in [-0.05, 0) is 30.3 Å². The highest BCUT2D eigenvalue weighted by Crippen LogP contribution is 2.19. The molecule has 2 heterocycles. The molecule has 1 fully saturated rings. The molecule has 1 aromatic heterocycles. The van der Waals surface area contributed by atoms with Gasteiger partial charge in [0, 0.05) is 24.9 Å². The minimum Gasteiger partial charge on any atom is -0.488 e. The topological polar surface area (TPSA) is 51.7 Å². The van der Waals surface area contributed by atoms with E-state index in [2.05, 4.69) is 4.98 Å². The van der Waals surface area contributed by atoms with Gasteiger partial charge in [0.1, 0.15) is 18.5 Å². The zero-order chi connectivity index (χ0) is 18.4. The van der Waals surface area contributed by atoms with Gasteiger partial charge in [-0.3, -0.25) is 9.78 Å². The number of carbonyl (C=O) groups excluding carboxylic acids is 1. The third kappa shape index (κ3) is 4.86. The van der Waals surface area contributed by atoms with E-state index in [4.69, 9.17) is 9.47 Å². The number of rotatable bonds is 5. The summed E-state index contributed by atoms with van der Waals surface area (Å²) in [6.45, 7) is 1.13. The fourth-order valence-electron chi connectivity index (χ4n) is 2.53. The van der Waals surface area contributed by atoms with E-state index in [-0.39, 0.29) is 18.3 Å². The van der Waals surface area contributed by atoms with Crippen molar-refractivity contribution in [3.05, 3.63) is 66.0 Å². The number of ether oxygens (including phenoxy) is 2. The number of aromatic nitrogens is 1. The van der Waals surface area contributed by atoms with Gasteiger partial charge in [0.25, 0.3) is 0 Å². The number of hydrogen-bond donors (Lipinski definition) is 0. The lowest BCUT2D eigenvalue weighted by molar-refractivity contribution is -0.134. The van der Waals surface area contributed by atoms with Crippen LogP contribution in [0.15, 0.2) is 48.7 Å². The number of amides is 1. The molecule has 1 atom stereocenters. The molecule has 1 aromatic carbocycles. The minimum absolute atomic E-state index is 0.0219. The molecule has 7 heteroatoms. The summed E-state index contributed by atoms with van der Waals surface area (Å²) in [5.41, 5.74) is 0.690. The number of morpholine rings is 1. The highest BCUT2D eigenvalue weighted by molar-refractivity contribution is 5.91. The lowest BCUT2D eigenvalue weighted by atomic mass is 10.2. The average molecular weight is 360 g/mol. The molecule has 1 saturated heterocycles. The van der Waals surface area contributed by atoms with Crippen molar-refractivity contribution in [2.45, 2.75) is 6.10 Å². The monoisotopic (exact) mass is 360 g/mol. The van der Waals surface area contributed by atoms with E-state index in [0.717, 1.165) is 18.2 Å². The second kappa shape index (κ2) is 8.53. The van der Waals surface area contributed by atoms with Crippen LogP contribution in [0.2, 0.25) is 0 Å². The van der Waals surface area contributed by atoms with Gasteiger partial charge in [-0.25, -0.2) is 8.78 Å². The van der Waals surface area contributed by atoms with Gasteiger partial charge in [0.2, 0.25) is 5.91 Å². The smallest absolute Gasteiger partial charge is 0.246 e. The minimum atomic E-state index is -0.645. The molecular weight excluding hydrogens is 342 g/mol. The van der Waals surface area contributed by atoms with Gasteiger partial charge in [-0.15, -0.1) is 0 Å². The van der Waals surface area contributed by atoms with Gasteiger partial charge in [-0.2, -0.15) is 0 Å². The first-order chi connectivity index (χ1) is 12.6. The Bertz CT molecular complexity index is 784. The van der Waals surface area contributed by atoms with Gasteiger partial charge < -0.3 is 14.4 Å². The lowest BCUT2D eigenvalue weighted by Gasteiger charge is -2.32. The van der Waals surface area contributed by atoms with Crippen LogP contribution < -0.4 is 4.74 Å². The first kappa shape index (κ1) is 18.0. The Kier molecular flexibility index (Phi) is 5.91. The summed E-state index contributed by atoms with van der Waals surface area (Å²) in [6.07, 6.45) is 4.33. The van der Waals surface area contributed by atoms with Crippen molar-refractivity contribution in [3.63, 3.8) is 0 Å². The predicted octanol–water partition coefficient (Wildman–Crippen LogP) is 2.68. The largest absolute Gasteiger partial charge is 0.488 e. The molecule has 2 aromatic rings. The van der Waals surface area contributed by atoms with Crippen LogP contribution in [0.4, 0.5) is 8.78 Å². The van der Waals surface area contributed by atoms with E-state index >= 15 is 0 Å². The maximum atomic E-state index is 13.6. The Morgan fingerprint density at radius 3 is 3.04 bits per heavy atom. The maximum absolute atomic E-state index is 13.6. The molecule has 136 valence electrons. The Labute approximate surface area is 149 Å². The van der Waals surface area contributed by atoms with Crippen molar-refractivity contribution in [2.75, 3.05) is 26.3 Å². The Morgan fingerprint density at radius 2 is 2.23 bits per heavy atom. The van der Waals surface area contributed by atoms with Crippen LogP contribution in [0.3, 0.4) is 0 Å². The van der Waals surface area contributed by atoms with E-state index in [1.807, 2.05) is 6.07 Å². The Morgan fingerprint density at radius 1 is 1.35 bits per heavy atom. The molecule has 26 heavy (non-hydrogen) atoms. The summed E-state index contributed by atoms with van der Waals surface area (Å²) in [5, 5.41) is 0. The normalized spacial score (nSPS) is 17.5. The van der Waals surface area contributed by atoms with E-state index in [9.17, 15) is 13.6 Å². The van der Waals surface area contributed by atoms with Crippen LogP contribution in [-0.4, -0.2) is 48.2 Å². The molecule has 0 radical (unpaired) electrons. The molecule has 1 amide bonds. The van der Waals surface area contributed by atoms with Gasteiger partial charge >= 0.3 is 0 Å². The molecular formula is C19H18F2N2O3. The molecule has 0 N–H and O–H groups in total. The standard InChI is InChI=1S/C19H18F2N2O3/c20-14-4-6-17(21)18(11-14)26-13-16-12-23(9-10-25-16)19(24)7-5-15-3-1-2-8-22-15/h1-8,11,16H,9-10,12-13H2. The van der Waals surface area contributed by atoms with Crippen molar-refractivity contribution in [1.82, 2.24) is 9.88 Å². The molecule has 1 unspecified atom stereocenters. The predicted molar refractivity (Wildman–Crippen MR) is 91.4 cm³/mol. The van der Waals surface area contributed by atoms with Crippen LogP contribution in [-0.2, 0) is 9.53 Å². The maximum Gasteiger partial charge on any atom is 0.246 e. The molecule has 3 rings (SSSR count). The highest BCUT2D eigenvalue weighted by Gasteiger charge is 2.24. The number of hydrogen-bond acceptors (Lipinski definition) is 4. The van der Waals surface area contributed by atoms with Crippen molar-refractivity contribution in [3.8, 4) is 5.75 Å². The molecule has 1 aliphatic heterocycles. The summed E-state index contributed by atoms with van der Waals surface area (Å²) < 4.78 is 37.6. The number of halogens is 2. The summed E-state index contributed by atoms with van der Waals surface area (Å²) in [7, 11) is 0. The quantitative estimate of drug-likeness (QED) is 0.770. The van der Waals surface area contributed by atoms with Crippen LogP contribution in [0.25, 0.3) is 6.08 Å². The number of pyridine rings is 1. The molecule has 5 nitrogen and oxygen atoms in total. The Hall–Kier alpha value is -2.80. The van der Waals surface area contributed by atoms with Crippen molar-refractivity contribution in [1.29, 1.82) is 0 Å². The van der Waals surface area contributed by atoms with Crippen molar-refractivity contribution >= 4 is 12.0 Å². The van der Waals surface area contributed by atoms with E-state index in [0.29, 0.717) is 25.4 Å². The SMILES string of the molecule is O=C(C=Cc1ccccn1)N1CCOC(COc2cc(F)ccc2F)C1. The zero-order valence-corrected chi connectivity index (χ0v) is 14.0. The van der Waals surface area contributed by atoms with Crippen LogP contribution in [0.5, 0.6) is 5.75 Å². The van der Waals surface area contributed by atoms with E-state index in [1.165, 1.54) is 6.08 Å². The molecule has 0 aliphatic carbocycles. The van der Waals surface area contributed by atoms with Crippen LogP contribution >= 0.6 is 0 Å². The fourth-order valence-corrected chi connectivity index (χ4v) is 2.53. The lowest BCUT2D eigenvalue weighted by Crippen LogP contribution is -2.47. The first-order valence-corrected chi connectivity index (χ1v) is 8.19. The average Bonchev–Trinajstić information content (AvgIpc) is 2.68. The van der Waals surface area contributed by atoms with E-state index in [1.54, 1.807) is 29.3 Å². The number of carbonyl (C=O) groups is 1. The Balaban J connectivity index is 1.54. The molecule has 1 aliphatic rings. The van der Waals surface area contributed by atoms with Crippen molar-refractivity contribution < 1.29 is 23.0 Å². The van der Waals surface area contributed by atoms with Gasteiger partial charge in [-0.1, -0.05) is 6.07 Å². The summed E-state index contributed by atoms with van der Waals surface area (Å²) in [6, 6.07) is 8.44. The van der Waals surface area contributed by atoms with Crippen LogP contribution in [0, 0.1) is 11.6 Å². The second-order valence-electron chi connectivity index (χ2n) is 5.75. The third-order valence-corrected chi connectivity index (χ3v) is 3.85. The first-order valence-electron chi connectivity index (χ1n) is 8.19. The molecule has 0 saturated carbocycles. The second-order valence-corrected chi connectivity index (χ2v) is 5.75. The van der Waals surface area contributed by atoms with Gasteiger partial charge in [0.15, 0.2) is 11.6 Å². The fraction of sp³-hybridized carbons (Fsp3) is 0.263. The molecule has 0 spiro atoms.